The first kappa shape index (κ1) is 14.2. The number of hydrogen-bond donors (Lipinski definition) is 2. The maximum absolute atomic E-state index is 10.6. The second-order valence-corrected chi connectivity index (χ2v) is 3.48. The van der Waals surface area contributed by atoms with Gasteiger partial charge in [0.15, 0.2) is 0 Å². The first-order valence-electron chi connectivity index (χ1n) is 5.32. The van der Waals surface area contributed by atoms with Gasteiger partial charge in [-0.3, -0.25) is 10.1 Å². The highest BCUT2D eigenvalue weighted by atomic mass is 16.6. The molecule has 0 spiro atoms. The van der Waals surface area contributed by atoms with Gasteiger partial charge in [0.05, 0.1) is 23.2 Å². The molecule has 8 nitrogen and oxygen atoms in total. The normalized spacial score (nSPS) is 9.42. The molecule has 0 unspecified atom stereocenters. The van der Waals surface area contributed by atoms with Crippen molar-refractivity contribution >= 4 is 11.8 Å². The zero-order valence-electron chi connectivity index (χ0n) is 9.83. The molecule has 0 bridgehead atoms. The van der Waals surface area contributed by atoms with Crippen LogP contribution < -0.4 is 10.1 Å². The molecule has 0 aliphatic rings. The van der Waals surface area contributed by atoms with Crippen LogP contribution in [-0.4, -0.2) is 29.3 Å². The summed E-state index contributed by atoms with van der Waals surface area (Å²) in [6.07, 6.45) is -0.743. The van der Waals surface area contributed by atoms with Gasteiger partial charge in [-0.15, -0.1) is 0 Å². The molecule has 8 heteroatoms. The molecular formula is C11H11N3O5. The Hall–Kier alpha value is -2.82. The quantitative estimate of drug-likeness (QED) is 0.456. The number of carboxylic acid groups (broad SMARTS) is 1. The predicted octanol–water partition coefficient (Wildman–Crippen LogP) is 1.50. The molecule has 0 radical (unpaired) electrons. The Morgan fingerprint density at radius 3 is 2.89 bits per heavy atom. The molecule has 1 amide bonds. The first-order chi connectivity index (χ1) is 9.04. The van der Waals surface area contributed by atoms with E-state index in [-0.39, 0.29) is 30.2 Å². The lowest BCUT2D eigenvalue weighted by molar-refractivity contribution is -0.384. The Bertz CT molecular complexity index is 524. The second kappa shape index (κ2) is 6.80. The van der Waals surface area contributed by atoms with Gasteiger partial charge in [-0.05, 0) is 12.5 Å². The summed E-state index contributed by atoms with van der Waals surface area (Å²) >= 11 is 0. The number of non-ortho nitro benzene ring substituents is 1. The summed E-state index contributed by atoms with van der Waals surface area (Å²) in [5.74, 6) is 0.118. The molecule has 0 aromatic heterocycles. The van der Waals surface area contributed by atoms with Crippen molar-refractivity contribution in [3.8, 4) is 11.8 Å². The van der Waals surface area contributed by atoms with Crippen LogP contribution in [0.4, 0.5) is 10.5 Å². The van der Waals surface area contributed by atoms with E-state index in [4.69, 9.17) is 15.1 Å². The van der Waals surface area contributed by atoms with Crippen LogP contribution in [0.5, 0.6) is 5.75 Å². The van der Waals surface area contributed by atoms with E-state index in [2.05, 4.69) is 5.32 Å². The third-order valence-corrected chi connectivity index (χ3v) is 2.15. The van der Waals surface area contributed by atoms with Gasteiger partial charge in [0, 0.05) is 12.6 Å². The molecule has 0 fully saturated rings. The van der Waals surface area contributed by atoms with E-state index in [9.17, 15) is 14.9 Å². The average molecular weight is 265 g/mol. The van der Waals surface area contributed by atoms with Crippen LogP contribution in [0.2, 0.25) is 0 Å². The summed E-state index contributed by atoms with van der Waals surface area (Å²) in [5, 5.41) is 29.9. The maximum atomic E-state index is 10.6. The van der Waals surface area contributed by atoms with Crippen LogP contribution in [0, 0.1) is 21.4 Å². The van der Waals surface area contributed by atoms with Crippen molar-refractivity contribution in [2.75, 3.05) is 13.2 Å². The number of benzene rings is 1. The van der Waals surface area contributed by atoms with Gasteiger partial charge in [-0.2, -0.15) is 5.26 Å². The van der Waals surface area contributed by atoms with E-state index in [1.807, 2.05) is 6.07 Å². The number of carbonyl (C=O) groups is 1. The number of nitrogens with one attached hydrogen (secondary N) is 1. The Morgan fingerprint density at radius 1 is 1.58 bits per heavy atom. The molecule has 0 aliphatic heterocycles. The minimum atomic E-state index is -1.13. The highest BCUT2D eigenvalue weighted by Gasteiger charge is 2.11. The smallest absolute Gasteiger partial charge is 0.404 e. The number of amides is 1. The van der Waals surface area contributed by atoms with Crippen LogP contribution in [0.25, 0.3) is 0 Å². The van der Waals surface area contributed by atoms with Crippen molar-refractivity contribution in [1.29, 1.82) is 5.26 Å². The lowest BCUT2D eigenvalue weighted by atomic mass is 10.2. The van der Waals surface area contributed by atoms with E-state index in [1.54, 1.807) is 0 Å². The number of nitrogens with zero attached hydrogens (tertiary/aromatic N) is 2. The second-order valence-electron chi connectivity index (χ2n) is 3.48. The van der Waals surface area contributed by atoms with Gasteiger partial charge in [0.25, 0.3) is 5.69 Å². The summed E-state index contributed by atoms with van der Waals surface area (Å²) in [7, 11) is 0. The fourth-order valence-corrected chi connectivity index (χ4v) is 1.29. The van der Waals surface area contributed by atoms with Gasteiger partial charge >= 0.3 is 6.09 Å². The summed E-state index contributed by atoms with van der Waals surface area (Å²) in [6, 6.07) is 5.56. The van der Waals surface area contributed by atoms with Gasteiger partial charge in [-0.25, -0.2) is 4.79 Å². The van der Waals surface area contributed by atoms with Crippen molar-refractivity contribution in [3.05, 3.63) is 33.9 Å². The number of ether oxygens (including phenoxy) is 1. The molecular weight excluding hydrogens is 254 g/mol. The lowest BCUT2D eigenvalue weighted by Crippen LogP contribution is -2.23. The summed E-state index contributed by atoms with van der Waals surface area (Å²) in [4.78, 5) is 20.2. The van der Waals surface area contributed by atoms with E-state index in [0.717, 1.165) is 0 Å². The molecule has 0 saturated heterocycles. The Kier molecular flexibility index (Phi) is 5.10. The number of nitro benzene ring substituents is 1. The number of hydrogen-bond acceptors (Lipinski definition) is 5. The van der Waals surface area contributed by atoms with Crippen molar-refractivity contribution < 1.29 is 19.6 Å². The van der Waals surface area contributed by atoms with E-state index < -0.39 is 11.0 Å². The first-order valence-corrected chi connectivity index (χ1v) is 5.32. The van der Waals surface area contributed by atoms with Crippen LogP contribution in [0.1, 0.15) is 12.0 Å². The number of rotatable bonds is 6. The summed E-state index contributed by atoms with van der Waals surface area (Å²) < 4.78 is 5.24. The molecule has 0 heterocycles. The molecule has 1 aromatic carbocycles. The van der Waals surface area contributed by atoms with Crippen LogP contribution in [-0.2, 0) is 0 Å². The number of nitriles is 1. The Labute approximate surface area is 108 Å². The SMILES string of the molecule is N#Cc1ccc([N+](=O)[O-])cc1OCCCNC(=O)O. The van der Waals surface area contributed by atoms with Crippen molar-refractivity contribution in [2.45, 2.75) is 6.42 Å². The molecule has 0 atom stereocenters. The number of nitro groups is 1. The summed E-state index contributed by atoms with van der Waals surface area (Å²) in [5.41, 5.74) is 0.0226. The third kappa shape index (κ3) is 4.51. The topological polar surface area (TPSA) is 125 Å². The van der Waals surface area contributed by atoms with E-state index in [0.29, 0.717) is 6.42 Å². The van der Waals surface area contributed by atoms with Gasteiger partial charge in [-0.1, -0.05) is 0 Å². The van der Waals surface area contributed by atoms with E-state index >= 15 is 0 Å². The van der Waals surface area contributed by atoms with Gasteiger partial charge in [0.1, 0.15) is 11.8 Å². The molecule has 0 saturated carbocycles. The van der Waals surface area contributed by atoms with Gasteiger partial charge < -0.3 is 15.2 Å². The molecule has 19 heavy (non-hydrogen) atoms. The van der Waals surface area contributed by atoms with Crippen molar-refractivity contribution in [2.24, 2.45) is 0 Å². The molecule has 1 rings (SSSR count). The average Bonchev–Trinajstić information content (AvgIpc) is 2.37. The summed E-state index contributed by atoms with van der Waals surface area (Å²) in [6.45, 7) is 0.349. The van der Waals surface area contributed by atoms with Crippen molar-refractivity contribution in [3.63, 3.8) is 0 Å². The largest absolute Gasteiger partial charge is 0.492 e. The lowest BCUT2D eigenvalue weighted by Gasteiger charge is -2.07. The molecule has 0 aliphatic carbocycles. The fraction of sp³-hybridized carbons (Fsp3) is 0.273. The van der Waals surface area contributed by atoms with Crippen LogP contribution >= 0.6 is 0 Å². The minimum absolute atomic E-state index is 0.118. The van der Waals surface area contributed by atoms with Gasteiger partial charge in [0.2, 0.25) is 0 Å². The zero-order valence-corrected chi connectivity index (χ0v) is 9.83. The molecule has 1 aromatic rings. The zero-order chi connectivity index (χ0) is 14.3. The Morgan fingerprint density at radius 2 is 2.32 bits per heavy atom. The Balaban J connectivity index is 2.61. The monoisotopic (exact) mass is 265 g/mol. The molecule has 100 valence electrons. The highest BCUT2D eigenvalue weighted by Crippen LogP contribution is 2.24. The standard InChI is InChI=1S/C11H11N3O5/c12-7-8-2-3-9(14(17)18)6-10(8)19-5-1-4-13-11(15)16/h2-3,6,13H,1,4-5H2,(H,15,16). The minimum Gasteiger partial charge on any atom is -0.492 e. The van der Waals surface area contributed by atoms with Crippen molar-refractivity contribution in [1.82, 2.24) is 5.32 Å². The highest BCUT2D eigenvalue weighted by molar-refractivity contribution is 5.64. The molecule has 2 N–H and O–H groups in total. The van der Waals surface area contributed by atoms with E-state index in [1.165, 1.54) is 18.2 Å². The predicted molar refractivity (Wildman–Crippen MR) is 64.0 cm³/mol. The van der Waals surface area contributed by atoms with Crippen LogP contribution in [0.3, 0.4) is 0 Å². The maximum Gasteiger partial charge on any atom is 0.404 e. The van der Waals surface area contributed by atoms with Crippen LogP contribution in [0.15, 0.2) is 18.2 Å². The fourth-order valence-electron chi connectivity index (χ4n) is 1.29. The third-order valence-electron chi connectivity index (χ3n) is 2.15.